The van der Waals surface area contributed by atoms with E-state index in [1.54, 1.807) is 5.38 Å². The van der Waals surface area contributed by atoms with E-state index in [2.05, 4.69) is 37.4 Å². The number of hydrogen-bond acceptors (Lipinski definition) is 4. The van der Waals surface area contributed by atoms with Crippen LogP contribution in [0.3, 0.4) is 0 Å². The van der Waals surface area contributed by atoms with Crippen LogP contribution in [0.25, 0.3) is 0 Å². The zero-order valence-electron chi connectivity index (χ0n) is 6.08. The molecule has 0 aliphatic heterocycles. The molecular formula is C6H6BrN3OS. The molecule has 64 valence electrons. The Labute approximate surface area is 82.0 Å². The van der Waals surface area contributed by atoms with Gasteiger partial charge in [0.2, 0.25) is 0 Å². The monoisotopic (exact) mass is 247 g/mol. The number of halogens is 1. The van der Waals surface area contributed by atoms with Crippen LogP contribution in [0.4, 0.5) is 0 Å². The van der Waals surface area contributed by atoms with Crippen LogP contribution in [0.5, 0.6) is 0 Å². The fraction of sp³-hybridized carbons (Fsp3) is 0.167. The first-order valence-electron chi connectivity index (χ1n) is 3.08. The van der Waals surface area contributed by atoms with Crippen LogP contribution in [-0.2, 0) is 0 Å². The van der Waals surface area contributed by atoms with E-state index in [0.29, 0.717) is 12.2 Å². The van der Waals surface area contributed by atoms with Crippen molar-refractivity contribution in [2.75, 3.05) is 6.54 Å². The van der Waals surface area contributed by atoms with Gasteiger partial charge in [-0.05, 0) is 11.5 Å². The molecule has 1 aromatic heterocycles. The lowest BCUT2D eigenvalue weighted by Gasteiger charge is -1.98. The summed E-state index contributed by atoms with van der Waals surface area (Å²) in [6.07, 6.45) is 0. The van der Waals surface area contributed by atoms with Crippen molar-refractivity contribution in [2.24, 2.45) is 0 Å². The Morgan fingerprint density at radius 3 is 3.08 bits per heavy atom. The third-order valence-corrected chi connectivity index (χ3v) is 1.82. The molecule has 0 fully saturated rings. The van der Waals surface area contributed by atoms with E-state index in [9.17, 15) is 4.79 Å². The lowest BCUT2D eigenvalue weighted by molar-refractivity contribution is 0.0953. The van der Waals surface area contributed by atoms with Crippen molar-refractivity contribution in [1.29, 1.82) is 0 Å². The number of hydrogen-bond donors (Lipinski definition) is 1. The van der Waals surface area contributed by atoms with Crippen LogP contribution in [0.2, 0.25) is 0 Å². The average Bonchev–Trinajstić information content (AvgIpc) is 2.51. The molecule has 1 heterocycles. The molecule has 0 aromatic carbocycles. The van der Waals surface area contributed by atoms with E-state index in [1.165, 1.54) is 0 Å². The van der Waals surface area contributed by atoms with Crippen molar-refractivity contribution in [3.8, 4) is 0 Å². The van der Waals surface area contributed by atoms with Gasteiger partial charge in [-0.2, -0.15) is 0 Å². The molecular weight excluding hydrogens is 242 g/mol. The Balaban J connectivity index is 2.45. The summed E-state index contributed by atoms with van der Waals surface area (Å²) in [5, 5.41) is 7.80. The predicted molar refractivity (Wildman–Crippen MR) is 50.3 cm³/mol. The van der Waals surface area contributed by atoms with Crippen LogP contribution in [-0.4, -0.2) is 22.0 Å². The Kier molecular flexibility index (Phi) is 3.36. The maximum absolute atomic E-state index is 11.1. The predicted octanol–water partition coefficient (Wildman–Crippen LogP) is 1.18. The molecule has 0 saturated carbocycles. The third-order valence-electron chi connectivity index (χ3n) is 1.03. The van der Waals surface area contributed by atoms with Crippen LogP contribution < -0.4 is 5.32 Å². The van der Waals surface area contributed by atoms with Crippen LogP contribution >= 0.6 is 27.5 Å². The molecule has 0 bridgehead atoms. The minimum absolute atomic E-state index is 0.232. The number of amides is 1. The second kappa shape index (κ2) is 4.32. The van der Waals surface area contributed by atoms with Gasteiger partial charge in [0.1, 0.15) is 0 Å². The molecule has 0 atom stereocenters. The molecule has 0 aliphatic rings. The zero-order chi connectivity index (χ0) is 8.97. The second-order valence-corrected chi connectivity index (χ2v) is 3.72. The summed E-state index contributed by atoms with van der Waals surface area (Å²) in [4.78, 5) is 11.1. The summed E-state index contributed by atoms with van der Waals surface area (Å²) in [5.74, 6) is -0.232. The van der Waals surface area contributed by atoms with E-state index < -0.39 is 0 Å². The third kappa shape index (κ3) is 2.71. The van der Waals surface area contributed by atoms with Crippen molar-refractivity contribution in [3.63, 3.8) is 0 Å². The Hall–Kier alpha value is -0.750. The molecule has 6 heteroatoms. The standard InChI is InChI=1S/C6H6BrN3OS/c1-4(7)2-8-6(11)5-3-12-10-9-5/h3H,1-2H2,(H,8,11). The number of carbonyl (C=O) groups excluding carboxylic acids is 1. The fourth-order valence-electron chi connectivity index (χ4n) is 0.530. The molecule has 1 aromatic rings. The van der Waals surface area contributed by atoms with Gasteiger partial charge in [-0.3, -0.25) is 4.79 Å². The first-order chi connectivity index (χ1) is 5.70. The fourth-order valence-corrected chi connectivity index (χ4v) is 1.11. The highest BCUT2D eigenvalue weighted by molar-refractivity contribution is 9.11. The molecule has 1 amide bonds. The number of rotatable bonds is 3. The number of nitrogens with one attached hydrogen (secondary N) is 1. The molecule has 1 N–H and O–H groups in total. The molecule has 4 nitrogen and oxygen atoms in total. The van der Waals surface area contributed by atoms with Crippen LogP contribution in [0, 0.1) is 0 Å². The number of carbonyl (C=O) groups is 1. The summed E-state index contributed by atoms with van der Waals surface area (Å²) < 4.78 is 4.29. The summed E-state index contributed by atoms with van der Waals surface area (Å²) in [5.41, 5.74) is 0.341. The highest BCUT2D eigenvalue weighted by Gasteiger charge is 2.06. The van der Waals surface area contributed by atoms with Crippen molar-refractivity contribution in [1.82, 2.24) is 14.9 Å². The quantitative estimate of drug-likeness (QED) is 0.873. The van der Waals surface area contributed by atoms with Crippen LogP contribution in [0.1, 0.15) is 10.5 Å². The minimum Gasteiger partial charge on any atom is -0.346 e. The van der Waals surface area contributed by atoms with Crippen LogP contribution in [0.15, 0.2) is 16.4 Å². The average molecular weight is 248 g/mol. The van der Waals surface area contributed by atoms with Gasteiger partial charge >= 0.3 is 0 Å². The minimum atomic E-state index is -0.232. The van der Waals surface area contributed by atoms with Crippen molar-refractivity contribution in [2.45, 2.75) is 0 Å². The topological polar surface area (TPSA) is 54.9 Å². The van der Waals surface area contributed by atoms with Crippen molar-refractivity contribution < 1.29 is 4.79 Å². The van der Waals surface area contributed by atoms with Gasteiger partial charge in [0.25, 0.3) is 5.91 Å². The van der Waals surface area contributed by atoms with Gasteiger partial charge in [0, 0.05) is 16.4 Å². The van der Waals surface area contributed by atoms with Gasteiger partial charge in [-0.25, -0.2) is 0 Å². The highest BCUT2D eigenvalue weighted by atomic mass is 79.9. The van der Waals surface area contributed by atoms with E-state index >= 15 is 0 Å². The van der Waals surface area contributed by atoms with E-state index in [0.717, 1.165) is 16.0 Å². The first-order valence-corrected chi connectivity index (χ1v) is 4.71. The van der Waals surface area contributed by atoms with E-state index in [4.69, 9.17) is 0 Å². The SMILES string of the molecule is C=C(Br)CNC(=O)c1csnn1. The van der Waals surface area contributed by atoms with E-state index in [-0.39, 0.29) is 5.91 Å². The summed E-state index contributed by atoms with van der Waals surface area (Å²) in [6, 6.07) is 0. The maximum Gasteiger partial charge on any atom is 0.273 e. The molecule has 12 heavy (non-hydrogen) atoms. The highest BCUT2D eigenvalue weighted by Crippen LogP contribution is 1.99. The van der Waals surface area contributed by atoms with Crippen molar-refractivity contribution >= 4 is 33.4 Å². The lowest BCUT2D eigenvalue weighted by atomic mass is 10.4. The molecule has 0 radical (unpaired) electrons. The Morgan fingerprint density at radius 2 is 2.58 bits per heavy atom. The summed E-state index contributed by atoms with van der Waals surface area (Å²) in [7, 11) is 0. The summed E-state index contributed by atoms with van der Waals surface area (Å²) in [6.45, 7) is 3.98. The van der Waals surface area contributed by atoms with Crippen molar-refractivity contribution in [3.05, 3.63) is 22.1 Å². The lowest BCUT2D eigenvalue weighted by Crippen LogP contribution is -2.24. The number of nitrogens with zero attached hydrogens (tertiary/aromatic N) is 2. The van der Waals surface area contributed by atoms with Gasteiger partial charge in [0.05, 0.1) is 0 Å². The van der Waals surface area contributed by atoms with Gasteiger partial charge < -0.3 is 5.32 Å². The molecule has 0 saturated heterocycles. The van der Waals surface area contributed by atoms with Gasteiger partial charge in [-0.1, -0.05) is 27.0 Å². The Morgan fingerprint density at radius 1 is 1.83 bits per heavy atom. The maximum atomic E-state index is 11.1. The second-order valence-electron chi connectivity index (χ2n) is 1.99. The Bertz CT molecular complexity index is 285. The normalized spacial score (nSPS) is 9.42. The number of aromatic nitrogens is 2. The van der Waals surface area contributed by atoms with E-state index in [1.807, 2.05) is 0 Å². The van der Waals surface area contributed by atoms with Gasteiger partial charge in [-0.15, -0.1) is 5.10 Å². The molecule has 1 rings (SSSR count). The first kappa shape index (κ1) is 9.34. The smallest absolute Gasteiger partial charge is 0.273 e. The molecule has 0 unspecified atom stereocenters. The zero-order valence-corrected chi connectivity index (χ0v) is 8.48. The van der Waals surface area contributed by atoms with Gasteiger partial charge in [0.15, 0.2) is 5.69 Å². The molecule has 0 spiro atoms. The summed E-state index contributed by atoms with van der Waals surface area (Å²) >= 11 is 4.27. The largest absolute Gasteiger partial charge is 0.346 e. The molecule has 0 aliphatic carbocycles.